The molecule has 0 bridgehead atoms. The molecule has 0 atom stereocenters. The second-order valence-electron chi connectivity index (χ2n) is 5.79. The van der Waals surface area contributed by atoms with E-state index in [1.165, 1.54) is 30.2 Å². The average molecular weight is 411 g/mol. The van der Waals surface area contributed by atoms with Crippen LogP contribution in [0.15, 0.2) is 46.5 Å². The molecule has 0 saturated carbocycles. The Bertz CT molecular complexity index is 1050. The lowest BCUT2D eigenvalue weighted by atomic mass is 10.3. The van der Waals surface area contributed by atoms with Crippen LogP contribution in [0.1, 0.15) is 12.7 Å². The van der Waals surface area contributed by atoms with Gasteiger partial charge in [0.15, 0.2) is 0 Å². The van der Waals surface area contributed by atoms with Crippen molar-refractivity contribution in [2.24, 2.45) is 0 Å². The Kier molecular flexibility index (Phi) is 5.57. The summed E-state index contributed by atoms with van der Waals surface area (Å²) in [5, 5.41) is 1.36. The Morgan fingerprint density at radius 3 is 2.69 bits per heavy atom. The second kappa shape index (κ2) is 7.56. The maximum absolute atomic E-state index is 12.3. The maximum atomic E-state index is 12.3. The third-order valence-electron chi connectivity index (χ3n) is 3.96. The third kappa shape index (κ3) is 3.59. The Hall–Kier alpha value is -1.61. The normalized spacial score (nSPS) is 12.2. The van der Waals surface area contributed by atoms with Gasteiger partial charge in [0.2, 0.25) is 10.0 Å². The van der Waals surface area contributed by atoms with Crippen molar-refractivity contribution in [1.82, 2.24) is 18.8 Å². The summed E-state index contributed by atoms with van der Waals surface area (Å²) in [4.78, 5) is 9.17. The van der Waals surface area contributed by atoms with E-state index in [1.807, 2.05) is 13.0 Å². The van der Waals surface area contributed by atoms with Gasteiger partial charge in [-0.2, -0.15) is 0 Å². The molecule has 3 aromatic rings. The van der Waals surface area contributed by atoms with Gasteiger partial charge in [-0.25, -0.2) is 22.7 Å². The molecule has 0 fully saturated rings. The lowest BCUT2D eigenvalue weighted by molar-refractivity contribution is 0.521. The van der Waals surface area contributed by atoms with Crippen LogP contribution in [-0.4, -0.2) is 41.4 Å². The zero-order valence-electron chi connectivity index (χ0n) is 14.7. The van der Waals surface area contributed by atoms with Crippen molar-refractivity contribution in [3.8, 4) is 0 Å². The van der Waals surface area contributed by atoms with Gasteiger partial charge in [-0.15, -0.1) is 0 Å². The molecule has 0 saturated heterocycles. The summed E-state index contributed by atoms with van der Waals surface area (Å²) in [7, 11) is -0.455. The SMILES string of the molecule is CCn1c(CSc2ncccc2Cl)nc2cc(S(=O)(=O)N(C)C)ccc21. The molecule has 0 radical (unpaired) electrons. The van der Waals surface area contributed by atoms with E-state index in [0.717, 1.165) is 22.9 Å². The first-order valence-electron chi connectivity index (χ1n) is 7.99. The molecule has 0 N–H and O–H groups in total. The van der Waals surface area contributed by atoms with Crippen molar-refractivity contribution in [2.45, 2.75) is 29.1 Å². The summed E-state index contributed by atoms with van der Waals surface area (Å²) >= 11 is 7.67. The molecule has 1 aromatic carbocycles. The number of pyridine rings is 1. The van der Waals surface area contributed by atoms with Crippen LogP contribution < -0.4 is 0 Å². The minimum Gasteiger partial charge on any atom is -0.328 e. The molecule has 0 aliphatic carbocycles. The van der Waals surface area contributed by atoms with Gasteiger partial charge >= 0.3 is 0 Å². The summed E-state index contributed by atoms with van der Waals surface area (Å²) in [6.07, 6.45) is 1.70. The fourth-order valence-electron chi connectivity index (χ4n) is 2.60. The fourth-order valence-corrected chi connectivity index (χ4v) is 4.64. The Morgan fingerprint density at radius 2 is 2.04 bits per heavy atom. The third-order valence-corrected chi connectivity index (χ3v) is 7.19. The Balaban J connectivity index is 1.97. The zero-order chi connectivity index (χ0) is 18.9. The number of halogens is 1. The monoisotopic (exact) mass is 410 g/mol. The summed E-state index contributed by atoms with van der Waals surface area (Å²) in [5.74, 6) is 1.45. The lowest BCUT2D eigenvalue weighted by Crippen LogP contribution is -2.22. The molecule has 2 heterocycles. The summed E-state index contributed by atoms with van der Waals surface area (Å²) in [6.45, 7) is 2.77. The van der Waals surface area contributed by atoms with E-state index < -0.39 is 10.0 Å². The second-order valence-corrected chi connectivity index (χ2v) is 9.31. The molecule has 3 rings (SSSR count). The van der Waals surface area contributed by atoms with Gasteiger partial charge in [0.25, 0.3) is 0 Å². The molecule has 0 aliphatic rings. The van der Waals surface area contributed by atoms with Gasteiger partial charge in [-0.3, -0.25) is 0 Å². The van der Waals surface area contributed by atoms with Crippen molar-refractivity contribution in [3.05, 3.63) is 47.4 Å². The van der Waals surface area contributed by atoms with Crippen molar-refractivity contribution in [2.75, 3.05) is 14.1 Å². The van der Waals surface area contributed by atoms with E-state index >= 15 is 0 Å². The van der Waals surface area contributed by atoms with E-state index in [2.05, 4.69) is 14.5 Å². The number of aromatic nitrogens is 3. The van der Waals surface area contributed by atoms with Crippen LogP contribution in [0.25, 0.3) is 11.0 Å². The van der Waals surface area contributed by atoms with E-state index in [4.69, 9.17) is 11.6 Å². The minimum absolute atomic E-state index is 0.239. The number of fused-ring (bicyclic) bond motifs is 1. The Morgan fingerprint density at radius 1 is 1.27 bits per heavy atom. The molecule has 9 heteroatoms. The first-order valence-corrected chi connectivity index (χ1v) is 10.8. The van der Waals surface area contributed by atoms with Gasteiger partial charge in [-0.1, -0.05) is 23.4 Å². The number of hydrogen-bond acceptors (Lipinski definition) is 5. The van der Waals surface area contributed by atoms with Crippen LogP contribution in [0.4, 0.5) is 0 Å². The van der Waals surface area contributed by atoms with Crippen LogP contribution in [0, 0.1) is 0 Å². The number of rotatable bonds is 6. The average Bonchev–Trinajstić information content (AvgIpc) is 2.97. The molecular weight excluding hydrogens is 392 g/mol. The van der Waals surface area contributed by atoms with Crippen molar-refractivity contribution in [1.29, 1.82) is 0 Å². The van der Waals surface area contributed by atoms with Gasteiger partial charge in [-0.05, 0) is 37.3 Å². The first kappa shape index (κ1) is 19.2. The number of nitrogens with zero attached hydrogens (tertiary/aromatic N) is 4. The largest absolute Gasteiger partial charge is 0.328 e. The number of thioether (sulfide) groups is 1. The highest BCUT2D eigenvalue weighted by molar-refractivity contribution is 7.98. The first-order chi connectivity index (χ1) is 12.3. The fraction of sp³-hybridized carbons (Fsp3) is 0.294. The molecule has 2 aromatic heterocycles. The standard InChI is InChI=1S/C17H19ClN4O2S2/c1-4-22-15-8-7-12(26(23,24)21(2)3)10-14(15)20-16(22)11-25-17-13(18)6-5-9-19-17/h5-10H,4,11H2,1-3H3. The van der Waals surface area contributed by atoms with Gasteiger partial charge < -0.3 is 4.57 Å². The summed E-state index contributed by atoms with van der Waals surface area (Å²) < 4.78 is 28.0. The number of imidazole rings is 1. The summed E-state index contributed by atoms with van der Waals surface area (Å²) in [6, 6.07) is 8.65. The van der Waals surface area contributed by atoms with Crippen molar-refractivity contribution >= 4 is 44.4 Å². The van der Waals surface area contributed by atoms with E-state index in [9.17, 15) is 8.42 Å². The predicted octanol–water partition coefficient (Wildman–Crippen LogP) is 3.65. The van der Waals surface area contributed by atoms with Crippen LogP contribution in [0.2, 0.25) is 5.02 Å². The molecule has 0 amide bonds. The smallest absolute Gasteiger partial charge is 0.242 e. The molecule has 0 unspecified atom stereocenters. The van der Waals surface area contributed by atoms with Crippen LogP contribution in [0.3, 0.4) is 0 Å². The topological polar surface area (TPSA) is 68.1 Å². The molecule has 0 aliphatic heterocycles. The highest BCUT2D eigenvalue weighted by Crippen LogP contribution is 2.29. The maximum Gasteiger partial charge on any atom is 0.242 e. The minimum atomic E-state index is -3.49. The highest BCUT2D eigenvalue weighted by atomic mass is 35.5. The quantitative estimate of drug-likeness (QED) is 0.580. The Labute approximate surface area is 162 Å². The van der Waals surface area contributed by atoms with Gasteiger partial charge in [0, 0.05) is 26.8 Å². The number of hydrogen-bond donors (Lipinski definition) is 0. The van der Waals surface area contributed by atoms with Crippen molar-refractivity contribution < 1.29 is 8.42 Å². The van der Waals surface area contributed by atoms with E-state index in [-0.39, 0.29) is 4.90 Å². The number of benzene rings is 1. The van der Waals surface area contributed by atoms with Crippen LogP contribution in [0.5, 0.6) is 0 Å². The van der Waals surface area contributed by atoms with Crippen LogP contribution in [-0.2, 0) is 22.3 Å². The number of sulfonamides is 1. The zero-order valence-corrected chi connectivity index (χ0v) is 17.1. The van der Waals surface area contributed by atoms with E-state index in [0.29, 0.717) is 16.3 Å². The van der Waals surface area contributed by atoms with Crippen LogP contribution >= 0.6 is 23.4 Å². The number of aryl methyl sites for hydroxylation is 1. The molecule has 6 nitrogen and oxygen atoms in total. The van der Waals surface area contributed by atoms with Gasteiger partial charge in [0.05, 0.1) is 26.7 Å². The van der Waals surface area contributed by atoms with Crippen molar-refractivity contribution in [3.63, 3.8) is 0 Å². The van der Waals surface area contributed by atoms with E-state index in [1.54, 1.807) is 30.5 Å². The molecule has 0 spiro atoms. The lowest BCUT2D eigenvalue weighted by Gasteiger charge is -2.11. The summed E-state index contributed by atoms with van der Waals surface area (Å²) in [5.41, 5.74) is 1.57. The highest BCUT2D eigenvalue weighted by Gasteiger charge is 2.19. The predicted molar refractivity (Wildman–Crippen MR) is 105 cm³/mol. The molecule has 26 heavy (non-hydrogen) atoms. The van der Waals surface area contributed by atoms with Gasteiger partial charge in [0.1, 0.15) is 10.9 Å². The molecule has 138 valence electrons. The molecular formula is C17H19ClN4O2S2.